The molecule has 138 valence electrons. The Morgan fingerprint density at radius 3 is 2.56 bits per heavy atom. The lowest BCUT2D eigenvalue weighted by Gasteiger charge is -2.10. The number of amides is 1. The fraction of sp³-hybridized carbons (Fsp3) is 0.158. The Labute approximate surface area is 159 Å². The first-order chi connectivity index (χ1) is 12.8. The van der Waals surface area contributed by atoms with Crippen molar-refractivity contribution in [1.29, 1.82) is 0 Å². The summed E-state index contributed by atoms with van der Waals surface area (Å²) in [6.45, 7) is 3.46. The van der Waals surface area contributed by atoms with E-state index < -0.39 is 17.3 Å². The quantitative estimate of drug-likeness (QED) is 0.746. The highest BCUT2D eigenvalue weighted by Gasteiger charge is 2.15. The Morgan fingerprint density at radius 1 is 1.19 bits per heavy atom. The number of pyridine rings is 1. The SMILES string of the molecule is Cc1cc(C)nc(NC(=O)c2cccn(Cc3c(F)cccc3Cl)c2=O)n1. The molecule has 0 spiro atoms. The van der Waals surface area contributed by atoms with E-state index in [0.29, 0.717) is 11.4 Å². The van der Waals surface area contributed by atoms with Crippen molar-refractivity contribution < 1.29 is 9.18 Å². The topological polar surface area (TPSA) is 76.9 Å². The zero-order valence-electron chi connectivity index (χ0n) is 14.7. The van der Waals surface area contributed by atoms with Crippen molar-refractivity contribution in [2.24, 2.45) is 0 Å². The number of anilines is 1. The van der Waals surface area contributed by atoms with Crippen LogP contribution in [0.3, 0.4) is 0 Å². The van der Waals surface area contributed by atoms with Crippen molar-refractivity contribution >= 4 is 23.5 Å². The number of rotatable bonds is 4. The third kappa shape index (κ3) is 4.20. The summed E-state index contributed by atoms with van der Waals surface area (Å²) in [6, 6.07) is 8.98. The predicted octanol–water partition coefficient (Wildman–Crippen LogP) is 3.35. The number of aryl methyl sites for hydroxylation is 2. The predicted molar refractivity (Wildman–Crippen MR) is 101 cm³/mol. The van der Waals surface area contributed by atoms with Crippen molar-refractivity contribution in [3.8, 4) is 0 Å². The Kier molecular flexibility index (Phi) is 5.32. The molecule has 1 N–H and O–H groups in total. The molecule has 0 saturated heterocycles. The number of hydrogen-bond donors (Lipinski definition) is 1. The third-order valence-corrected chi connectivity index (χ3v) is 4.22. The second-order valence-corrected chi connectivity index (χ2v) is 6.39. The van der Waals surface area contributed by atoms with Crippen molar-refractivity contribution in [3.63, 3.8) is 0 Å². The van der Waals surface area contributed by atoms with Gasteiger partial charge in [0.15, 0.2) is 0 Å². The number of carbonyl (C=O) groups excluding carboxylic acids is 1. The van der Waals surface area contributed by atoms with Crippen LogP contribution in [-0.4, -0.2) is 20.4 Å². The summed E-state index contributed by atoms with van der Waals surface area (Å²) < 4.78 is 15.2. The van der Waals surface area contributed by atoms with Gasteiger partial charge in [0.05, 0.1) is 6.54 Å². The molecule has 0 unspecified atom stereocenters. The van der Waals surface area contributed by atoms with E-state index >= 15 is 0 Å². The highest BCUT2D eigenvalue weighted by atomic mass is 35.5. The molecule has 3 rings (SSSR count). The summed E-state index contributed by atoms with van der Waals surface area (Å²) >= 11 is 6.02. The standard InChI is InChI=1S/C19H16ClFN4O2/c1-11-9-12(2)23-19(22-11)24-17(26)13-5-4-8-25(18(13)27)10-14-15(20)6-3-7-16(14)21/h3-9H,10H2,1-2H3,(H,22,23,24,26). The minimum atomic E-state index is -0.640. The van der Waals surface area contributed by atoms with Crippen LogP contribution < -0.4 is 10.9 Å². The second-order valence-electron chi connectivity index (χ2n) is 5.98. The van der Waals surface area contributed by atoms with Crippen LogP contribution in [0.25, 0.3) is 0 Å². The van der Waals surface area contributed by atoms with Gasteiger partial charge in [-0.15, -0.1) is 0 Å². The minimum absolute atomic E-state index is 0.0918. The molecule has 2 aromatic heterocycles. The van der Waals surface area contributed by atoms with E-state index in [9.17, 15) is 14.0 Å². The molecule has 0 atom stereocenters. The molecule has 1 aromatic carbocycles. The number of hydrogen-bond acceptors (Lipinski definition) is 4. The summed E-state index contributed by atoms with van der Waals surface area (Å²) in [7, 11) is 0. The van der Waals surface area contributed by atoms with Gasteiger partial charge in [-0.2, -0.15) is 0 Å². The van der Waals surface area contributed by atoms with Gasteiger partial charge >= 0.3 is 0 Å². The molecular formula is C19H16ClFN4O2. The molecule has 0 aliphatic carbocycles. The second kappa shape index (κ2) is 7.67. The van der Waals surface area contributed by atoms with E-state index in [1.807, 2.05) is 0 Å². The fourth-order valence-electron chi connectivity index (χ4n) is 2.64. The van der Waals surface area contributed by atoms with E-state index in [4.69, 9.17) is 11.6 Å². The van der Waals surface area contributed by atoms with Crippen LogP contribution in [0.15, 0.2) is 47.4 Å². The molecule has 27 heavy (non-hydrogen) atoms. The number of nitrogens with one attached hydrogen (secondary N) is 1. The maximum atomic E-state index is 14.0. The average molecular weight is 387 g/mol. The summed E-state index contributed by atoms with van der Waals surface area (Å²) in [5, 5.41) is 2.73. The van der Waals surface area contributed by atoms with E-state index in [1.54, 1.807) is 26.0 Å². The molecule has 0 aliphatic heterocycles. The van der Waals surface area contributed by atoms with Crippen molar-refractivity contribution in [3.05, 3.63) is 86.3 Å². The first-order valence-electron chi connectivity index (χ1n) is 8.11. The summed E-state index contributed by atoms with van der Waals surface area (Å²) in [6.07, 6.45) is 1.47. The molecular weight excluding hydrogens is 371 g/mol. The average Bonchev–Trinajstić information content (AvgIpc) is 2.58. The maximum absolute atomic E-state index is 14.0. The van der Waals surface area contributed by atoms with Crippen LogP contribution in [0.1, 0.15) is 27.3 Å². The highest BCUT2D eigenvalue weighted by Crippen LogP contribution is 2.19. The van der Waals surface area contributed by atoms with Crippen LogP contribution in [0.4, 0.5) is 10.3 Å². The number of carbonyl (C=O) groups is 1. The number of nitrogens with zero attached hydrogens (tertiary/aromatic N) is 3. The molecule has 3 aromatic rings. The van der Waals surface area contributed by atoms with Crippen LogP contribution >= 0.6 is 11.6 Å². The fourth-order valence-corrected chi connectivity index (χ4v) is 2.86. The number of halogens is 2. The first kappa shape index (κ1) is 18.7. The Balaban J connectivity index is 1.90. The lowest BCUT2D eigenvalue weighted by atomic mass is 10.2. The lowest BCUT2D eigenvalue weighted by Crippen LogP contribution is -2.29. The van der Waals surface area contributed by atoms with Gasteiger partial charge in [-0.3, -0.25) is 14.9 Å². The van der Waals surface area contributed by atoms with Crippen LogP contribution in [0.5, 0.6) is 0 Å². The van der Waals surface area contributed by atoms with Gasteiger partial charge in [0.1, 0.15) is 11.4 Å². The smallest absolute Gasteiger partial charge is 0.263 e. The summed E-state index contributed by atoms with van der Waals surface area (Å²) in [4.78, 5) is 33.4. The van der Waals surface area contributed by atoms with Crippen LogP contribution in [-0.2, 0) is 6.54 Å². The molecule has 0 saturated carbocycles. The van der Waals surface area contributed by atoms with Gasteiger partial charge in [-0.1, -0.05) is 17.7 Å². The molecule has 1 amide bonds. The number of benzene rings is 1. The van der Waals surface area contributed by atoms with Crippen molar-refractivity contribution in [1.82, 2.24) is 14.5 Å². The van der Waals surface area contributed by atoms with E-state index in [-0.39, 0.29) is 28.6 Å². The Morgan fingerprint density at radius 2 is 1.89 bits per heavy atom. The highest BCUT2D eigenvalue weighted by molar-refractivity contribution is 6.31. The van der Waals surface area contributed by atoms with Gasteiger partial charge in [0.25, 0.3) is 11.5 Å². The molecule has 2 heterocycles. The Bertz CT molecular complexity index is 1040. The van der Waals surface area contributed by atoms with E-state index in [0.717, 1.165) is 0 Å². The zero-order valence-corrected chi connectivity index (χ0v) is 15.4. The van der Waals surface area contributed by atoms with Gasteiger partial charge in [-0.05, 0) is 44.2 Å². The first-order valence-corrected chi connectivity index (χ1v) is 8.49. The largest absolute Gasteiger partial charge is 0.310 e. The van der Waals surface area contributed by atoms with Gasteiger partial charge in [0, 0.05) is 28.2 Å². The molecule has 6 nitrogen and oxygen atoms in total. The zero-order chi connectivity index (χ0) is 19.6. The molecule has 0 radical (unpaired) electrons. The van der Waals surface area contributed by atoms with Gasteiger partial charge in [0.2, 0.25) is 5.95 Å². The van der Waals surface area contributed by atoms with E-state index in [1.165, 1.54) is 35.0 Å². The van der Waals surface area contributed by atoms with Crippen LogP contribution in [0, 0.1) is 19.7 Å². The lowest BCUT2D eigenvalue weighted by molar-refractivity contribution is 0.102. The number of aromatic nitrogens is 3. The normalized spacial score (nSPS) is 10.7. The summed E-state index contributed by atoms with van der Waals surface area (Å²) in [5.41, 5.74) is 0.887. The minimum Gasteiger partial charge on any atom is -0.310 e. The summed E-state index contributed by atoms with van der Waals surface area (Å²) in [5.74, 6) is -1.05. The monoisotopic (exact) mass is 386 g/mol. The van der Waals surface area contributed by atoms with Crippen LogP contribution in [0.2, 0.25) is 5.02 Å². The molecule has 0 fully saturated rings. The molecule has 8 heteroatoms. The Hall–Kier alpha value is -3.06. The van der Waals surface area contributed by atoms with Gasteiger partial charge < -0.3 is 4.57 Å². The maximum Gasteiger partial charge on any atom is 0.263 e. The van der Waals surface area contributed by atoms with Crippen molar-refractivity contribution in [2.45, 2.75) is 20.4 Å². The molecule has 0 bridgehead atoms. The van der Waals surface area contributed by atoms with Gasteiger partial charge in [-0.25, -0.2) is 14.4 Å². The van der Waals surface area contributed by atoms with Crippen molar-refractivity contribution in [2.75, 3.05) is 5.32 Å². The molecule has 0 aliphatic rings. The van der Waals surface area contributed by atoms with E-state index in [2.05, 4.69) is 15.3 Å². The third-order valence-electron chi connectivity index (χ3n) is 3.86.